The maximum Gasteiger partial charge on any atom is 0.430 e. The second-order valence-electron chi connectivity index (χ2n) is 7.32. The van der Waals surface area contributed by atoms with Gasteiger partial charge in [-0.05, 0) is 35.6 Å². The van der Waals surface area contributed by atoms with E-state index >= 15 is 0 Å². The molecule has 0 amide bonds. The van der Waals surface area contributed by atoms with Gasteiger partial charge in [0, 0.05) is 0 Å². The molecule has 2 aromatic carbocycles. The Balaban J connectivity index is 0.000000479. The summed E-state index contributed by atoms with van der Waals surface area (Å²) in [7, 11) is -1.50. The van der Waals surface area contributed by atoms with Crippen LogP contribution in [0.1, 0.15) is 18.4 Å². The number of fused-ring (bicyclic) bond motifs is 1. The molecule has 180 valence electrons. The largest absolute Gasteiger partial charge is 0.542 e. The predicted octanol–water partition coefficient (Wildman–Crippen LogP) is 2.13. The van der Waals surface area contributed by atoms with Gasteiger partial charge in [0.1, 0.15) is 18.4 Å². The minimum absolute atomic E-state index is 0.0676. The molecule has 0 N–H and O–H groups in total. The highest BCUT2D eigenvalue weighted by Gasteiger charge is 2.28. The third-order valence-electron chi connectivity index (χ3n) is 4.58. The first-order valence-electron chi connectivity index (χ1n) is 10.1. The van der Waals surface area contributed by atoms with Crippen LogP contribution >= 0.6 is 0 Å². The van der Waals surface area contributed by atoms with E-state index in [1.54, 1.807) is 0 Å². The summed E-state index contributed by atoms with van der Waals surface area (Å²) in [5.41, 5.74) is 1.08. The van der Waals surface area contributed by atoms with E-state index in [0.717, 1.165) is 23.9 Å². The van der Waals surface area contributed by atoms with Crippen LogP contribution in [0.4, 0.5) is 13.2 Å². The molecule has 1 heterocycles. The topological polar surface area (TPSA) is 92.3 Å². The van der Waals surface area contributed by atoms with Gasteiger partial charge in [-0.25, -0.2) is 9.13 Å². The molecule has 0 spiro atoms. The van der Waals surface area contributed by atoms with Crippen LogP contribution in [0, 0.1) is 0 Å². The van der Waals surface area contributed by atoms with E-state index in [4.69, 9.17) is 14.1 Å². The van der Waals surface area contributed by atoms with Crippen molar-refractivity contribution >= 4 is 26.9 Å². The number of hydrogen-bond donors (Lipinski definition) is 0. The van der Waals surface area contributed by atoms with E-state index in [1.165, 1.54) is 5.39 Å². The summed E-state index contributed by atoms with van der Waals surface area (Å²) >= 11 is 0. The lowest BCUT2D eigenvalue weighted by Crippen LogP contribution is -2.37. The van der Waals surface area contributed by atoms with E-state index in [1.807, 2.05) is 53.1 Å². The average Bonchev–Trinajstić information content (AvgIpc) is 3.16. The van der Waals surface area contributed by atoms with E-state index in [-0.39, 0.29) is 12.4 Å². The smallest absolute Gasteiger partial charge is 0.430 e. The molecule has 0 fully saturated rings. The van der Waals surface area contributed by atoms with Crippen LogP contribution < -0.4 is 9.67 Å². The molecule has 0 saturated heterocycles. The molecule has 0 unspecified atom stereocenters. The molecular formula is C22H25F3N2O5S. The van der Waals surface area contributed by atoms with Crippen molar-refractivity contribution < 1.29 is 40.2 Å². The van der Waals surface area contributed by atoms with Gasteiger partial charge >= 0.3 is 6.18 Å². The summed E-state index contributed by atoms with van der Waals surface area (Å²) in [6.45, 7) is 1.00. The molecule has 0 radical (unpaired) electrons. The monoisotopic (exact) mass is 486 g/mol. The highest BCUT2D eigenvalue weighted by molar-refractivity contribution is 7.86. The number of carbonyl (C=O) groups excluding carboxylic acids is 1. The lowest BCUT2D eigenvalue weighted by molar-refractivity contribution is -0.696. The van der Waals surface area contributed by atoms with Crippen LogP contribution in [0.15, 0.2) is 61.2 Å². The van der Waals surface area contributed by atoms with Gasteiger partial charge in [-0.1, -0.05) is 42.5 Å². The third-order valence-corrected chi connectivity index (χ3v) is 5.90. The zero-order valence-corrected chi connectivity index (χ0v) is 18.8. The minimum Gasteiger partial charge on any atom is -0.542 e. The first kappa shape index (κ1) is 26.3. The molecule has 7 nitrogen and oxygen atoms in total. The maximum atomic E-state index is 12.0. The van der Waals surface area contributed by atoms with Gasteiger partial charge in [0.2, 0.25) is 6.33 Å². The summed E-state index contributed by atoms with van der Waals surface area (Å²) in [6.07, 6.45) is 2.72. The molecule has 0 bridgehead atoms. The Morgan fingerprint density at radius 3 is 2.39 bits per heavy atom. The van der Waals surface area contributed by atoms with Gasteiger partial charge in [-0.2, -0.15) is 21.6 Å². The van der Waals surface area contributed by atoms with Gasteiger partial charge in [-0.3, -0.25) is 4.18 Å². The summed E-state index contributed by atoms with van der Waals surface area (Å²) in [6, 6.07) is 14.3. The van der Waals surface area contributed by atoms with Gasteiger partial charge < -0.3 is 9.90 Å². The molecule has 0 aliphatic rings. The number of alkyl halides is 3. The van der Waals surface area contributed by atoms with E-state index in [0.29, 0.717) is 12.8 Å². The normalized spacial score (nSPS) is 11.8. The minimum atomic E-state index is -5.19. The number of aryl methyl sites for hydroxylation is 2. The van der Waals surface area contributed by atoms with Crippen molar-refractivity contribution in [1.82, 2.24) is 4.57 Å². The second-order valence-corrected chi connectivity index (χ2v) is 9.08. The quantitative estimate of drug-likeness (QED) is 0.263. The number of rotatable bonds is 9. The number of hydrogen-bond acceptors (Lipinski definition) is 5. The number of carboxylic acid groups (broad SMARTS) is 1. The van der Waals surface area contributed by atoms with Crippen LogP contribution in [-0.4, -0.2) is 37.5 Å². The highest BCUT2D eigenvalue weighted by Crippen LogP contribution is 2.16. The van der Waals surface area contributed by atoms with E-state index in [2.05, 4.69) is 24.3 Å². The van der Waals surface area contributed by atoms with Gasteiger partial charge in [-0.15, -0.1) is 0 Å². The molecule has 0 aliphatic carbocycles. The van der Waals surface area contributed by atoms with E-state index in [9.17, 15) is 21.6 Å². The van der Waals surface area contributed by atoms with Crippen molar-refractivity contribution in [2.24, 2.45) is 7.05 Å². The zero-order valence-electron chi connectivity index (χ0n) is 18.0. The van der Waals surface area contributed by atoms with Crippen LogP contribution in [0.5, 0.6) is 0 Å². The second kappa shape index (κ2) is 11.8. The van der Waals surface area contributed by atoms with Crippen LogP contribution in [0.2, 0.25) is 0 Å². The molecule has 3 rings (SSSR count). The first-order valence-corrected chi connectivity index (χ1v) is 11.7. The Bertz CT molecular complexity index is 1160. The van der Waals surface area contributed by atoms with Gasteiger partial charge in [0.15, 0.2) is 0 Å². The first-order chi connectivity index (χ1) is 15.5. The Labute approximate surface area is 190 Å². The summed E-state index contributed by atoms with van der Waals surface area (Å²) in [5.74, 6) is -2.94. The number of imidazole rings is 1. The predicted molar refractivity (Wildman–Crippen MR) is 113 cm³/mol. The summed E-state index contributed by atoms with van der Waals surface area (Å²) < 4.78 is 64.8. The Morgan fingerprint density at radius 1 is 1.12 bits per heavy atom. The maximum absolute atomic E-state index is 12.0. The standard InChI is InChI=1S/C20H25N2O3S.C2HF3O2/c1-21-12-13-22(17-21)11-4-5-15-26(23,24)25-14-10-18-8-9-19-6-2-3-7-20(19)16-18;3-2(4,5)1(6)7/h2-3,6-9,12-13,16-17H,4-5,10-11,14-15H2,1H3;(H,6,7)/q+1;/p-1. The van der Waals surface area contributed by atoms with E-state index < -0.39 is 22.3 Å². The number of unbranched alkanes of at least 4 members (excludes halogenated alkanes) is 1. The number of aliphatic carboxylic acids is 1. The Hall–Kier alpha value is -2.92. The van der Waals surface area contributed by atoms with Crippen molar-refractivity contribution in [2.45, 2.75) is 32.0 Å². The van der Waals surface area contributed by atoms with Crippen LogP contribution in [0.3, 0.4) is 0 Å². The van der Waals surface area contributed by atoms with Gasteiger partial charge in [0.05, 0.1) is 26.0 Å². The number of carboxylic acids is 1. The van der Waals surface area contributed by atoms with Crippen molar-refractivity contribution in [2.75, 3.05) is 12.4 Å². The van der Waals surface area contributed by atoms with Crippen LogP contribution in [-0.2, 0) is 39.1 Å². The zero-order chi connectivity index (χ0) is 24.5. The number of halogens is 3. The van der Waals surface area contributed by atoms with Crippen LogP contribution in [0.25, 0.3) is 10.8 Å². The summed E-state index contributed by atoms with van der Waals surface area (Å²) in [5, 5.41) is 11.1. The lowest BCUT2D eigenvalue weighted by Gasteiger charge is -2.06. The van der Waals surface area contributed by atoms with Crippen molar-refractivity contribution in [3.05, 3.63) is 66.7 Å². The highest BCUT2D eigenvalue weighted by atomic mass is 32.2. The number of nitrogens with zero attached hydrogens (tertiary/aromatic N) is 2. The van der Waals surface area contributed by atoms with Crippen molar-refractivity contribution in [3.8, 4) is 0 Å². The molecule has 3 aromatic rings. The third kappa shape index (κ3) is 9.62. The summed E-state index contributed by atoms with van der Waals surface area (Å²) in [4.78, 5) is 8.78. The molecule has 33 heavy (non-hydrogen) atoms. The van der Waals surface area contributed by atoms with Crippen molar-refractivity contribution in [3.63, 3.8) is 0 Å². The fraction of sp³-hybridized carbons (Fsp3) is 0.364. The average molecular weight is 487 g/mol. The molecule has 0 atom stereocenters. The number of benzene rings is 2. The Kier molecular flexibility index (Phi) is 9.42. The Morgan fingerprint density at radius 2 is 1.79 bits per heavy atom. The van der Waals surface area contributed by atoms with Crippen molar-refractivity contribution in [1.29, 1.82) is 0 Å². The fourth-order valence-corrected chi connectivity index (χ4v) is 3.96. The number of carbonyl (C=O) groups is 1. The fourth-order valence-electron chi connectivity index (χ4n) is 2.95. The lowest BCUT2D eigenvalue weighted by atomic mass is 10.1. The number of aromatic nitrogens is 2. The molecule has 1 aromatic heterocycles. The SMILES string of the molecule is Cn1cc[n+](CCCCS(=O)(=O)OCCc2ccc3ccccc3c2)c1.O=C([O-])C(F)(F)F. The molecule has 11 heteroatoms. The van der Waals surface area contributed by atoms with Gasteiger partial charge in [0.25, 0.3) is 10.1 Å². The molecular weight excluding hydrogens is 461 g/mol. The molecule has 0 saturated carbocycles. The molecule has 0 aliphatic heterocycles.